The Labute approximate surface area is 179 Å². The van der Waals surface area contributed by atoms with Crippen molar-refractivity contribution in [2.75, 3.05) is 38.6 Å². The van der Waals surface area contributed by atoms with Gasteiger partial charge in [-0.05, 0) is 35.9 Å². The second-order valence-electron chi connectivity index (χ2n) is 7.45. The van der Waals surface area contributed by atoms with Gasteiger partial charge >= 0.3 is 6.01 Å². The summed E-state index contributed by atoms with van der Waals surface area (Å²) in [5, 5.41) is 6.68. The molecule has 3 N–H and O–H groups in total. The third-order valence-corrected chi connectivity index (χ3v) is 5.28. The smallest absolute Gasteiger partial charge is 0.316 e. The molecule has 0 saturated carbocycles. The van der Waals surface area contributed by atoms with Crippen molar-refractivity contribution < 1.29 is 4.74 Å². The summed E-state index contributed by atoms with van der Waals surface area (Å²) < 4.78 is 5.13. The summed E-state index contributed by atoms with van der Waals surface area (Å²) in [6.45, 7) is 5.13. The molecule has 9 nitrogen and oxygen atoms in total. The van der Waals surface area contributed by atoms with Gasteiger partial charge in [-0.3, -0.25) is 4.90 Å². The first kappa shape index (κ1) is 19.4. The number of H-pyrrole nitrogens is 1. The fraction of sp³-hybridized carbons (Fsp3) is 0.273. The molecule has 1 saturated heterocycles. The van der Waals surface area contributed by atoms with Crippen molar-refractivity contribution in [3.05, 3.63) is 54.4 Å². The lowest BCUT2D eigenvalue weighted by molar-refractivity contribution is 0.233. The van der Waals surface area contributed by atoms with Crippen LogP contribution in [0.25, 0.3) is 22.3 Å². The van der Waals surface area contributed by atoms with Gasteiger partial charge in [-0.1, -0.05) is 6.07 Å². The number of aromatic nitrogens is 5. The molecule has 1 aromatic carbocycles. The van der Waals surface area contributed by atoms with E-state index in [4.69, 9.17) is 4.74 Å². The molecule has 9 heteroatoms. The Morgan fingerprint density at radius 1 is 1.03 bits per heavy atom. The number of methoxy groups -OCH3 is 1. The topological polar surface area (TPSA) is 104 Å². The van der Waals surface area contributed by atoms with E-state index >= 15 is 0 Å². The zero-order valence-electron chi connectivity index (χ0n) is 17.3. The third kappa shape index (κ3) is 4.47. The third-order valence-electron chi connectivity index (χ3n) is 5.28. The number of rotatable bonds is 6. The second kappa shape index (κ2) is 8.66. The van der Waals surface area contributed by atoms with Gasteiger partial charge in [0.15, 0.2) is 0 Å². The predicted molar refractivity (Wildman–Crippen MR) is 119 cm³/mol. The van der Waals surface area contributed by atoms with Gasteiger partial charge in [0.1, 0.15) is 5.82 Å². The molecule has 4 heterocycles. The van der Waals surface area contributed by atoms with Crippen LogP contribution in [0.3, 0.4) is 0 Å². The molecular formula is C22H24N8O. The molecule has 0 bridgehead atoms. The number of pyridine rings is 1. The molecule has 1 aliphatic heterocycles. The Bertz CT molecular complexity index is 1190. The zero-order chi connectivity index (χ0) is 21.0. The molecule has 31 heavy (non-hydrogen) atoms. The van der Waals surface area contributed by atoms with E-state index in [9.17, 15) is 0 Å². The fourth-order valence-electron chi connectivity index (χ4n) is 3.72. The average molecular weight is 416 g/mol. The van der Waals surface area contributed by atoms with Crippen LogP contribution in [-0.2, 0) is 6.54 Å². The molecule has 0 aliphatic carbocycles. The average Bonchev–Trinajstić information content (AvgIpc) is 3.21. The van der Waals surface area contributed by atoms with E-state index < -0.39 is 0 Å². The Kier molecular flexibility index (Phi) is 5.42. The number of ether oxygens (including phenoxy) is 1. The van der Waals surface area contributed by atoms with E-state index in [0.717, 1.165) is 60.8 Å². The minimum Gasteiger partial charge on any atom is -0.467 e. The highest BCUT2D eigenvalue weighted by atomic mass is 16.5. The number of anilines is 2. The van der Waals surface area contributed by atoms with E-state index in [-0.39, 0.29) is 0 Å². The minimum atomic E-state index is 0.344. The Morgan fingerprint density at radius 2 is 1.90 bits per heavy atom. The van der Waals surface area contributed by atoms with Crippen molar-refractivity contribution in [1.29, 1.82) is 0 Å². The molecule has 0 amide bonds. The van der Waals surface area contributed by atoms with E-state index in [1.54, 1.807) is 13.3 Å². The number of benzene rings is 1. The van der Waals surface area contributed by atoms with E-state index in [1.807, 2.05) is 30.5 Å². The van der Waals surface area contributed by atoms with Crippen molar-refractivity contribution >= 4 is 22.8 Å². The summed E-state index contributed by atoms with van der Waals surface area (Å²) in [6, 6.07) is 12.3. The monoisotopic (exact) mass is 416 g/mol. The van der Waals surface area contributed by atoms with Gasteiger partial charge in [0.25, 0.3) is 0 Å². The molecule has 0 spiro atoms. The van der Waals surface area contributed by atoms with Gasteiger partial charge in [-0.2, -0.15) is 4.98 Å². The largest absolute Gasteiger partial charge is 0.467 e. The van der Waals surface area contributed by atoms with Gasteiger partial charge in [0.2, 0.25) is 5.95 Å². The van der Waals surface area contributed by atoms with Crippen molar-refractivity contribution in [3.8, 4) is 17.3 Å². The van der Waals surface area contributed by atoms with Crippen LogP contribution in [0.1, 0.15) is 5.56 Å². The van der Waals surface area contributed by atoms with Gasteiger partial charge in [-0.25, -0.2) is 15.0 Å². The highest BCUT2D eigenvalue weighted by Crippen LogP contribution is 2.24. The van der Waals surface area contributed by atoms with Crippen LogP contribution in [0.4, 0.5) is 11.8 Å². The summed E-state index contributed by atoms with van der Waals surface area (Å²) in [5.74, 6) is 1.42. The standard InChI is InChI=1S/C22H24N8O/c1-31-22-25-7-5-17(28-22)16-2-3-18-19(13-16)27-21(26-18)29-20-12-15(4-6-24-20)14-30-10-8-23-9-11-30/h2-7,12-13,23H,8-11,14H2,1H3,(H2,24,26,27,29). The van der Waals surface area contributed by atoms with Crippen LogP contribution >= 0.6 is 0 Å². The Hall–Kier alpha value is -3.56. The van der Waals surface area contributed by atoms with Crippen LogP contribution in [0, 0.1) is 0 Å². The van der Waals surface area contributed by atoms with Gasteiger partial charge in [0.05, 0.1) is 23.8 Å². The second-order valence-corrected chi connectivity index (χ2v) is 7.45. The molecule has 0 radical (unpaired) electrons. The van der Waals surface area contributed by atoms with Crippen molar-refractivity contribution in [2.45, 2.75) is 6.54 Å². The van der Waals surface area contributed by atoms with E-state index in [1.165, 1.54) is 5.56 Å². The molecule has 158 valence electrons. The first-order valence-corrected chi connectivity index (χ1v) is 10.3. The number of nitrogens with zero attached hydrogens (tertiary/aromatic N) is 5. The summed E-state index contributed by atoms with van der Waals surface area (Å²) in [6.07, 6.45) is 3.52. The lowest BCUT2D eigenvalue weighted by Gasteiger charge is -2.27. The highest BCUT2D eigenvalue weighted by molar-refractivity contribution is 5.83. The molecule has 5 rings (SSSR count). The number of piperazine rings is 1. The Morgan fingerprint density at radius 3 is 2.77 bits per heavy atom. The maximum Gasteiger partial charge on any atom is 0.316 e. The van der Waals surface area contributed by atoms with Gasteiger partial charge < -0.3 is 20.4 Å². The maximum atomic E-state index is 5.13. The molecule has 3 aromatic heterocycles. The van der Waals surface area contributed by atoms with Gasteiger partial charge in [0, 0.05) is 50.7 Å². The SMILES string of the molecule is COc1nccc(-c2ccc3nc(Nc4cc(CN5CCNCC5)ccn4)[nH]c3c2)n1. The first-order valence-electron chi connectivity index (χ1n) is 10.3. The first-order chi connectivity index (χ1) is 15.3. The van der Waals surface area contributed by atoms with Gasteiger partial charge in [-0.15, -0.1) is 0 Å². The summed E-state index contributed by atoms with van der Waals surface area (Å²) >= 11 is 0. The Balaban J connectivity index is 1.34. The van der Waals surface area contributed by atoms with Crippen molar-refractivity contribution in [3.63, 3.8) is 0 Å². The van der Waals surface area contributed by atoms with Crippen LogP contribution in [-0.4, -0.2) is 63.1 Å². The number of hydrogen-bond acceptors (Lipinski definition) is 8. The van der Waals surface area contributed by atoms with Crippen LogP contribution < -0.4 is 15.4 Å². The summed E-state index contributed by atoms with van der Waals surface area (Å²) in [5.41, 5.74) is 4.76. The number of imidazole rings is 1. The normalized spacial score (nSPS) is 14.6. The molecule has 1 fully saturated rings. The number of hydrogen-bond donors (Lipinski definition) is 3. The lowest BCUT2D eigenvalue weighted by Crippen LogP contribution is -2.42. The molecular weight excluding hydrogens is 392 g/mol. The fourth-order valence-corrected chi connectivity index (χ4v) is 3.72. The summed E-state index contributed by atoms with van der Waals surface area (Å²) in [7, 11) is 1.56. The molecule has 1 aliphatic rings. The molecule has 0 atom stereocenters. The van der Waals surface area contributed by atoms with Crippen molar-refractivity contribution in [1.82, 2.24) is 35.1 Å². The predicted octanol–water partition coefficient (Wildman–Crippen LogP) is 2.57. The molecule has 0 unspecified atom stereocenters. The van der Waals surface area contributed by atoms with Crippen molar-refractivity contribution in [2.24, 2.45) is 0 Å². The maximum absolute atomic E-state index is 5.13. The summed E-state index contributed by atoms with van der Waals surface area (Å²) in [4.78, 5) is 23.3. The number of aromatic amines is 1. The van der Waals surface area contributed by atoms with Crippen LogP contribution in [0.5, 0.6) is 6.01 Å². The zero-order valence-corrected chi connectivity index (χ0v) is 17.3. The van der Waals surface area contributed by atoms with E-state index in [2.05, 4.69) is 52.6 Å². The quantitative estimate of drug-likeness (QED) is 0.441. The number of fused-ring (bicyclic) bond motifs is 1. The minimum absolute atomic E-state index is 0.344. The van der Waals surface area contributed by atoms with Crippen LogP contribution in [0.2, 0.25) is 0 Å². The van der Waals surface area contributed by atoms with Crippen LogP contribution in [0.15, 0.2) is 48.8 Å². The lowest BCUT2D eigenvalue weighted by atomic mass is 10.1. The highest BCUT2D eigenvalue weighted by Gasteiger charge is 2.11. The number of nitrogens with one attached hydrogen (secondary N) is 3. The van der Waals surface area contributed by atoms with E-state index in [0.29, 0.717) is 12.0 Å². The molecule has 4 aromatic rings.